The van der Waals surface area contributed by atoms with E-state index in [1.54, 1.807) is 0 Å². The van der Waals surface area contributed by atoms with Crippen LogP contribution in [0.4, 0.5) is 0 Å². The minimum Gasteiger partial charge on any atom is -0.756 e. The molecule has 3 unspecified atom stereocenters. The second-order valence-electron chi connectivity index (χ2n) is 22.2. The first-order chi connectivity index (χ1) is 38.4. The number of hydrogen-bond donors (Lipinski definition) is 11. The average molecular weight is 1200 g/mol. The molecule has 1 aliphatic carbocycles. The van der Waals surface area contributed by atoms with Gasteiger partial charge in [-0.3, -0.25) is 14.2 Å². The van der Waals surface area contributed by atoms with Gasteiger partial charge in [0.1, 0.15) is 92.1 Å². The van der Waals surface area contributed by atoms with Gasteiger partial charge >= 0.3 is 41.5 Å². The molecule has 0 amide bonds. The van der Waals surface area contributed by atoms with Crippen molar-refractivity contribution < 1.29 is 142 Å². The summed E-state index contributed by atoms with van der Waals surface area (Å²) in [6, 6.07) is 0. The van der Waals surface area contributed by atoms with Crippen LogP contribution in [0.5, 0.6) is 0 Å². The van der Waals surface area contributed by atoms with E-state index in [1.165, 1.54) is 116 Å². The third-order valence-electron chi connectivity index (χ3n) is 15.4. The van der Waals surface area contributed by atoms with E-state index >= 15 is 0 Å². The summed E-state index contributed by atoms with van der Waals surface area (Å²) in [4.78, 5) is 40.1. The van der Waals surface area contributed by atoms with Crippen LogP contribution in [0.15, 0.2) is 0 Å². The van der Waals surface area contributed by atoms with Crippen LogP contribution in [0.25, 0.3) is 0 Å². The number of hydrogen-bond acceptors (Lipinski definition) is 23. The molecule has 0 spiro atoms. The third-order valence-corrected chi connectivity index (χ3v) is 16.4. The summed E-state index contributed by atoms with van der Waals surface area (Å²) in [5.74, 6) is -1.36. The van der Waals surface area contributed by atoms with Crippen LogP contribution in [-0.4, -0.2) is 199 Å². The summed E-state index contributed by atoms with van der Waals surface area (Å²) in [6.07, 6.45) is -2.63. The zero-order chi connectivity index (χ0) is 58.9. The van der Waals surface area contributed by atoms with Crippen LogP contribution in [0.3, 0.4) is 0 Å². The monoisotopic (exact) mass is 1200 g/mol. The van der Waals surface area contributed by atoms with E-state index in [0.717, 1.165) is 57.8 Å². The van der Waals surface area contributed by atoms with Crippen molar-refractivity contribution in [1.82, 2.24) is 0 Å². The van der Waals surface area contributed by atoms with Crippen LogP contribution in [0, 0.1) is 0 Å². The van der Waals surface area contributed by atoms with Gasteiger partial charge in [-0.2, -0.15) is 0 Å². The SMILES string of the molecule is CCCCCCCCCCCCCCCCCCC(=O)OC[C@H](COP(=O)([O-])OC1[C@H](O[C@H]2O[C@H](CO)[C@@H](O)[C@H](O)[C@@H]2O)[C@H](O)C(O)[C@H](O)[C@H]1O[C@H]1O[C@H](CO)[C@@H](O)[C@H](O)[C@@H]1O)OC(=O)CCCCCCCCCCCCCCC.[Na+]. The summed E-state index contributed by atoms with van der Waals surface area (Å²) in [7, 11) is -5.88. The predicted octanol–water partition coefficient (Wildman–Crippen LogP) is 0.915. The second kappa shape index (κ2) is 44.0. The largest absolute Gasteiger partial charge is 1.00 e. The van der Waals surface area contributed by atoms with Crippen molar-refractivity contribution in [2.24, 2.45) is 0 Å². The number of esters is 2. The van der Waals surface area contributed by atoms with Crippen LogP contribution >= 0.6 is 7.82 Å². The first kappa shape index (κ1) is 76.5. The molecule has 0 bridgehead atoms. The molecule has 11 N–H and O–H groups in total. The first-order valence-corrected chi connectivity index (χ1v) is 31.8. The van der Waals surface area contributed by atoms with Crippen LogP contribution < -0.4 is 34.5 Å². The van der Waals surface area contributed by atoms with Gasteiger partial charge in [-0.25, -0.2) is 0 Å². The predicted molar refractivity (Wildman–Crippen MR) is 289 cm³/mol. The van der Waals surface area contributed by atoms with Crippen molar-refractivity contribution in [1.29, 1.82) is 0 Å². The van der Waals surface area contributed by atoms with Gasteiger partial charge in [-0.1, -0.05) is 187 Å². The normalized spacial score (nSPS) is 30.8. The second-order valence-corrected chi connectivity index (χ2v) is 23.6. The molecule has 1 saturated carbocycles. The molecule has 472 valence electrons. The molecule has 81 heavy (non-hydrogen) atoms. The summed E-state index contributed by atoms with van der Waals surface area (Å²) in [5.41, 5.74) is 0. The Morgan fingerprint density at radius 2 is 0.765 bits per heavy atom. The Morgan fingerprint density at radius 3 is 1.11 bits per heavy atom. The summed E-state index contributed by atoms with van der Waals surface area (Å²) >= 11 is 0. The number of carbonyl (C=O) groups excluding carboxylic acids is 2. The standard InChI is InChI=1S/C56H105O23P.Na/c1-3-5-7-9-11-13-15-17-18-19-21-22-24-26-28-30-32-41(59)72-36-38(74-42(60)33-31-29-27-25-23-20-16-14-12-10-8-6-4-2)37-73-80(70,71)79-54-52(77-55-50(68)45(63)43(61)39(34-57)75-55)48(66)47(65)49(67)53(54)78-56-51(69)46(64)44(62)40(35-58)76-56;/h38-40,43-58,61-69H,3-37H2,1-2H3,(H,70,71);/q;+1/p-1/t38-,39-,40-,43-,44-,45+,46+,47?,48-,49+,50+,51+,52-,53-,54?,55-,56-;/m1./s1. The topological polar surface area (TPSA) is 371 Å². The maximum absolute atomic E-state index is 13.9. The van der Waals surface area contributed by atoms with E-state index in [4.69, 9.17) is 37.5 Å². The van der Waals surface area contributed by atoms with E-state index in [1.807, 2.05) is 0 Å². The number of ether oxygens (including phenoxy) is 6. The number of aliphatic hydroxyl groups is 11. The molecule has 0 aromatic carbocycles. The Bertz CT molecular complexity index is 1610. The molecule has 0 aromatic rings. The summed E-state index contributed by atoms with van der Waals surface area (Å²) < 4.78 is 57.7. The van der Waals surface area contributed by atoms with Gasteiger partial charge in [0.2, 0.25) is 0 Å². The van der Waals surface area contributed by atoms with E-state index < -0.39 is 150 Å². The van der Waals surface area contributed by atoms with Crippen molar-refractivity contribution in [3.63, 3.8) is 0 Å². The fourth-order valence-corrected chi connectivity index (χ4v) is 11.3. The van der Waals surface area contributed by atoms with E-state index in [0.29, 0.717) is 12.8 Å². The summed E-state index contributed by atoms with van der Waals surface area (Å²) in [5, 5.41) is 116. The number of aliphatic hydroxyl groups excluding tert-OH is 11. The van der Waals surface area contributed by atoms with Crippen LogP contribution in [0.2, 0.25) is 0 Å². The van der Waals surface area contributed by atoms with Crippen molar-refractivity contribution in [3.05, 3.63) is 0 Å². The Hall–Kier alpha value is -0.550. The minimum atomic E-state index is -5.88. The maximum atomic E-state index is 13.9. The molecule has 0 aromatic heterocycles. The summed E-state index contributed by atoms with van der Waals surface area (Å²) in [6.45, 7) is 0.918. The zero-order valence-corrected chi connectivity index (χ0v) is 51.7. The molecule has 2 saturated heterocycles. The van der Waals surface area contributed by atoms with Gasteiger partial charge in [-0.15, -0.1) is 0 Å². The van der Waals surface area contributed by atoms with E-state index in [9.17, 15) is 75.2 Å². The van der Waals surface area contributed by atoms with Crippen molar-refractivity contribution in [3.8, 4) is 0 Å². The van der Waals surface area contributed by atoms with Gasteiger partial charge in [0.15, 0.2) is 18.7 Å². The number of carbonyl (C=O) groups is 2. The molecule has 18 atom stereocenters. The van der Waals surface area contributed by atoms with Gasteiger partial charge in [0.05, 0.1) is 19.8 Å². The Kier molecular flexibility index (Phi) is 41.6. The van der Waals surface area contributed by atoms with Crippen molar-refractivity contribution in [2.75, 3.05) is 26.4 Å². The molecule has 2 heterocycles. The molecule has 0 radical (unpaired) electrons. The fraction of sp³-hybridized carbons (Fsp3) is 0.964. The average Bonchev–Trinajstić information content (AvgIpc) is 3.44. The molecule has 23 nitrogen and oxygen atoms in total. The number of unbranched alkanes of at least 4 members (excludes halogenated alkanes) is 27. The van der Waals surface area contributed by atoms with Gasteiger partial charge in [0, 0.05) is 12.8 Å². The van der Waals surface area contributed by atoms with Crippen LogP contribution in [0.1, 0.15) is 213 Å². The Balaban J connectivity index is 0.0000224. The number of phosphoric acid groups is 1. The Morgan fingerprint density at radius 1 is 0.444 bits per heavy atom. The van der Waals surface area contributed by atoms with E-state index in [2.05, 4.69) is 13.8 Å². The maximum Gasteiger partial charge on any atom is 1.00 e. The fourth-order valence-electron chi connectivity index (χ4n) is 10.3. The molecule has 3 aliphatic rings. The number of rotatable bonds is 45. The van der Waals surface area contributed by atoms with Crippen molar-refractivity contribution in [2.45, 2.75) is 317 Å². The molecule has 3 fully saturated rings. The molecule has 2 aliphatic heterocycles. The van der Waals surface area contributed by atoms with Gasteiger partial charge < -0.3 is 98.5 Å². The Labute approximate surface area is 503 Å². The smallest absolute Gasteiger partial charge is 0.756 e. The van der Waals surface area contributed by atoms with Gasteiger partial charge in [-0.05, 0) is 12.8 Å². The minimum absolute atomic E-state index is 0. The molecule has 25 heteroatoms. The van der Waals surface area contributed by atoms with Gasteiger partial charge in [0.25, 0.3) is 7.82 Å². The zero-order valence-electron chi connectivity index (χ0n) is 48.8. The van der Waals surface area contributed by atoms with E-state index in [-0.39, 0.29) is 42.4 Å². The van der Waals surface area contributed by atoms with Crippen molar-refractivity contribution >= 4 is 19.8 Å². The number of phosphoric ester groups is 1. The molecule has 3 rings (SSSR count). The first-order valence-electron chi connectivity index (χ1n) is 30.4. The van der Waals surface area contributed by atoms with Crippen LogP contribution in [-0.2, 0) is 51.6 Å². The third kappa shape index (κ3) is 28.9. The quantitative estimate of drug-likeness (QED) is 0.0175. The molecular weight excluding hydrogens is 1090 g/mol. The molecular formula is C56H104NaO23P.